The summed E-state index contributed by atoms with van der Waals surface area (Å²) >= 11 is 0. The fourth-order valence-electron chi connectivity index (χ4n) is 3.49. The van der Waals surface area contributed by atoms with Gasteiger partial charge in [0.2, 0.25) is 11.8 Å². The van der Waals surface area contributed by atoms with Gasteiger partial charge in [-0.15, -0.1) is 0 Å². The molecule has 1 N–H and O–H groups in total. The fourth-order valence-corrected chi connectivity index (χ4v) is 3.49. The molecule has 0 spiro atoms. The first-order valence-electron chi connectivity index (χ1n) is 8.97. The molecule has 1 amide bonds. The van der Waals surface area contributed by atoms with E-state index in [0.717, 1.165) is 53.6 Å². The third-order valence-electron chi connectivity index (χ3n) is 4.90. The number of hydrogen-bond acceptors (Lipinski definition) is 3. The van der Waals surface area contributed by atoms with Crippen LogP contribution in [-0.4, -0.2) is 10.9 Å². The second-order valence-corrected chi connectivity index (χ2v) is 6.90. The second kappa shape index (κ2) is 6.71. The van der Waals surface area contributed by atoms with Crippen LogP contribution in [0.4, 0.5) is 5.69 Å². The molecule has 3 aromatic rings. The lowest BCUT2D eigenvalue weighted by Gasteiger charge is -2.20. The Balaban J connectivity index is 1.56. The molecule has 0 radical (unpaired) electrons. The number of benzene rings is 2. The maximum Gasteiger partial charge on any atom is 0.227 e. The SMILES string of the molecule is Cc1ccc2nc(-c3cccc(NC(=O)C4CCCCC4)c3)oc2c1. The molecule has 128 valence electrons. The van der Waals surface area contributed by atoms with Crippen molar-refractivity contribution in [1.82, 2.24) is 4.98 Å². The van der Waals surface area contributed by atoms with Crippen LogP contribution in [0.25, 0.3) is 22.6 Å². The molecule has 0 saturated heterocycles. The van der Waals surface area contributed by atoms with Crippen LogP contribution in [0.15, 0.2) is 46.9 Å². The molecule has 0 atom stereocenters. The number of nitrogens with zero attached hydrogens (tertiary/aromatic N) is 1. The number of aromatic nitrogens is 1. The Morgan fingerprint density at radius 2 is 1.96 bits per heavy atom. The number of anilines is 1. The van der Waals surface area contributed by atoms with Crippen molar-refractivity contribution in [3.05, 3.63) is 48.0 Å². The van der Waals surface area contributed by atoms with E-state index < -0.39 is 0 Å². The van der Waals surface area contributed by atoms with Gasteiger partial charge in [0, 0.05) is 17.2 Å². The number of aryl methyl sites for hydroxylation is 1. The lowest BCUT2D eigenvalue weighted by molar-refractivity contribution is -0.120. The number of amides is 1. The number of hydrogen-bond donors (Lipinski definition) is 1. The zero-order valence-electron chi connectivity index (χ0n) is 14.4. The molecule has 4 rings (SSSR count). The van der Waals surface area contributed by atoms with Gasteiger partial charge in [-0.3, -0.25) is 4.79 Å². The van der Waals surface area contributed by atoms with Gasteiger partial charge in [0.1, 0.15) is 5.52 Å². The number of nitrogens with one attached hydrogen (secondary N) is 1. The predicted molar refractivity (Wildman–Crippen MR) is 99.4 cm³/mol. The van der Waals surface area contributed by atoms with E-state index in [9.17, 15) is 4.79 Å². The zero-order valence-corrected chi connectivity index (χ0v) is 14.4. The number of carbonyl (C=O) groups excluding carboxylic acids is 1. The largest absolute Gasteiger partial charge is 0.436 e. The van der Waals surface area contributed by atoms with Crippen LogP contribution in [0.2, 0.25) is 0 Å². The molecule has 1 saturated carbocycles. The van der Waals surface area contributed by atoms with Crippen LogP contribution >= 0.6 is 0 Å². The molecule has 1 fully saturated rings. The highest BCUT2D eigenvalue weighted by atomic mass is 16.3. The number of fused-ring (bicyclic) bond motifs is 1. The molecule has 1 aliphatic rings. The van der Waals surface area contributed by atoms with E-state index in [0.29, 0.717) is 5.89 Å². The van der Waals surface area contributed by atoms with Crippen molar-refractivity contribution in [2.75, 3.05) is 5.32 Å². The average Bonchev–Trinajstić information content (AvgIpc) is 3.06. The van der Waals surface area contributed by atoms with Gasteiger partial charge in [-0.1, -0.05) is 31.4 Å². The number of carbonyl (C=O) groups is 1. The van der Waals surface area contributed by atoms with E-state index in [1.807, 2.05) is 49.4 Å². The summed E-state index contributed by atoms with van der Waals surface area (Å²) in [6.07, 6.45) is 5.55. The van der Waals surface area contributed by atoms with E-state index >= 15 is 0 Å². The number of oxazole rings is 1. The summed E-state index contributed by atoms with van der Waals surface area (Å²) in [7, 11) is 0. The van der Waals surface area contributed by atoms with E-state index in [-0.39, 0.29) is 11.8 Å². The summed E-state index contributed by atoms with van der Waals surface area (Å²) in [5.74, 6) is 0.851. The summed E-state index contributed by atoms with van der Waals surface area (Å²) in [5, 5.41) is 3.06. The Labute approximate surface area is 147 Å². The molecule has 1 aliphatic carbocycles. The first kappa shape index (κ1) is 15.9. The highest BCUT2D eigenvalue weighted by Crippen LogP contribution is 2.28. The average molecular weight is 334 g/mol. The highest BCUT2D eigenvalue weighted by molar-refractivity contribution is 5.93. The maximum absolute atomic E-state index is 12.4. The lowest BCUT2D eigenvalue weighted by Crippen LogP contribution is -2.24. The normalized spacial score (nSPS) is 15.4. The third kappa shape index (κ3) is 3.43. The summed E-state index contributed by atoms with van der Waals surface area (Å²) in [6.45, 7) is 2.03. The van der Waals surface area contributed by atoms with Crippen molar-refractivity contribution in [3.8, 4) is 11.5 Å². The van der Waals surface area contributed by atoms with Crippen molar-refractivity contribution in [2.24, 2.45) is 5.92 Å². The van der Waals surface area contributed by atoms with Gasteiger partial charge < -0.3 is 9.73 Å². The van der Waals surface area contributed by atoms with Crippen molar-refractivity contribution in [3.63, 3.8) is 0 Å². The van der Waals surface area contributed by atoms with Crippen molar-refractivity contribution < 1.29 is 9.21 Å². The first-order valence-corrected chi connectivity index (χ1v) is 8.97. The molecule has 0 unspecified atom stereocenters. The van der Waals surface area contributed by atoms with Gasteiger partial charge in [-0.25, -0.2) is 4.98 Å². The molecule has 0 bridgehead atoms. The smallest absolute Gasteiger partial charge is 0.227 e. The van der Waals surface area contributed by atoms with Crippen LogP contribution in [0.1, 0.15) is 37.7 Å². The van der Waals surface area contributed by atoms with E-state index in [1.165, 1.54) is 6.42 Å². The van der Waals surface area contributed by atoms with Crippen LogP contribution in [-0.2, 0) is 4.79 Å². The van der Waals surface area contributed by atoms with Crippen molar-refractivity contribution in [1.29, 1.82) is 0 Å². The van der Waals surface area contributed by atoms with Crippen LogP contribution in [0.5, 0.6) is 0 Å². The minimum Gasteiger partial charge on any atom is -0.436 e. The quantitative estimate of drug-likeness (QED) is 0.705. The summed E-state index contributed by atoms with van der Waals surface area (Å²) < 4.78 is 5.89. The predicted octanol–water partition coefficient (Wildman–Crippen LogP) is 5.32. The Morgan fingerprint density at radius 3 is 2.80 bits per heavy atom. The second-order valence-electron chi connectivity index (χ2n) is 6.90. The van der Waals surface area contributed by atoms with Gasteiger partial charge in [-0.2, -0.15) is 0 Å². The Kier molecular flexibility index (Phi) is 4.26. The van der Waals surface area contributed by atoms with E-state index in [2.05, 4.69) is 10.3 Å². The molecule has 4 nitrogen and oxygen atoms in total. The van der Waals surface area contributed by atoms with Gasteiger partial charge in [0.05, 0.1) is 0 Å². The van der Waals surface area contributed by atoms with Crippen LogP contribution in [0, 0.1) is 12.8 Å². The Bertz CT molecular complexity index is 907. The van der Waals surface area contributed by atoms with Crippen LogP contribution < -0.4 is 5.32 Å². The van der Waals surface area contributed by atoms with Gasteiger partial charge in [0.15, 0.2) is 5.58 Å². The summed E-state index contributed by atoms with van der Waals surface area (Å²) in [4.78, 5) is 17.0. The Morgan fingerprint density at radius 1 is 1.12 bits per heavy atom. The summed E-state index contributed by atoms with van der Waals surface area (Å²) in [6, 6.07) is 13.7. The van der Waals surface area contributed by atoms with Gasteiger partial charge in [-0.05, 0) is 55.7 Å². The van der Waals surface area contributed by atoms with E-state index in [4.69, 9.17) is 4.42 Å². The van der Waals surface area contributed by atoms with Gasteiger partial charge >= 0.3 is 0 Å². The van der Waals surface area contributed by atoms with E-state index in [1.54, 1.807) is 0 Å². The molecular formula is C21H22N2O2. The van der Waals surface area contributed by atoms with Gasteiger partial charge in [0.25, 0.3) is 0 Å². The molecule has 4 heteroatoms. The third-order valence-corrected chi connectivity index (χ3v) is 4.90. The van der Waals surface area contributed by atoms with Crippen molar-refractivity contribution in [2.45, 2.75) is 39.0 Å². The molecular weight excluding hydrogens is 312 g/mol. The van der Waals surface area contributed by atoms with Crippen LogP contribution in [0.3, 0.4) is 0 Å². The lowest BCUT2D eigenvalue weighted by atomic mass is 9.88. The molecule has 1 heterocycles. The minimum absolute atomic E-state index is 0.130. The topological polar surface area (TPSA) is 55.1 Å². The standard InChI is InChI=1S/C21H22N2O2/c1-14-10-11-18-19(12-14)25-21(23-18)16-8-5-9-17(13-16)22-20(24)15-6-3-2-4-7-15/h5,8-13,15H,2-4,6-7H2,1H3,(H,22,24). The fraction of sp³-hybridized carbons (Fsp3) is 0.333. The minimum atomic E-state index is 0.130. The van der Waals surface area contributed by atoms with Crippen molar-refractivity contribution >= 4 is 22.7 Å². The highest BCUT2D eigenvalue weighted by Gasteiger charge is 2.21. The maximum atomic E-state index is 12.4. The number of rotatable bonds is 3. The molecule has 25 heavy (non-hydrogen) atoms. The molecule has 2 aromatic carbocycles. The molecule has 1 aromatic heterocycles. The monoisotopic (exact) mass is 334 g/mol. The first-order chi connectivity index (χ1) is 12.2. The zero-order chi connectivity index (χ0) is 17.2. The summed E-state index contributed by atoms with van der Waals surface area (Å²) in [5.41, 5.74) is 4.44. The molecule has 0 aliphatic heterocycles. The Hall–Kier alpha value is -2.62.